The number of hydrogen-bond acceptors (Lipinski definition) is 8. The Balaban J connectivity index is 1.35. The maximum Gasteiger partial charge on any atom is 0.283 e. The molecule has 5 aromatic rings. The highest BCUT2D eigenvalue weighted by molar-refractivity contribution is 8.01. The van der Waals surface area contributed by atoms with Crippen LogP contribution in [-0.2, 0) is 4.79 Å². The molecular formula is C30H17Cl2N5O4S2. The van der Waals surface area contributed by atoms with Crippen molar-refractivity contribution in [3.8, 4) is 6.07 Å². The van der Waals surface area contributed by atoms with E-state index in [0.717, 1.165) is 16.5 Å². The normalized spacial score (nSPS) is 11.1. The zero-order chi connectivity index (χ0) is 30.5. The average molecular weight is 647 g/mol. The average Bonchev–Trinajstić information content (AvgIpc) is 3.38. The second-order valence-electron chi connectivity index (χ2n) is 8.82. The summed E-state index contributed by atoms with van der Waals surface area (Å²) in [5, 5.41) is 27.6. The van der Waals surface area contributed by atoms with E-state index in [2.05, 4.69) is 15.6 Å². The predicted octanol–water partition coefficient (Wildman–Crippen LogP) is 8.46. The number of rotatable bonds is 8. The van der Waals surface area contributed by atoms with Crippen molar-refractivity contribution in [2.75, 3.05) is 10.6 Å². The molecule has 9 nitrogen and oxygen atoms in total. The summed E-state index contributed by atoms with van der Waals surface area (Å²) in [5.41, 5.74) is 1.82. The van der Waals surface area contributed by atoms with Gasteiger partial charge in [-0.2, -0.15) is 5.26 Å². The Morgan fingerprint density at radius 2 is 1.77 bits per heavy atom. The van der Waals surface area contributed by atoms with E-state index in [9.17, 15) is 25.0 Å². The lowest BCUT2D eigenvalue weighted by atomic mass is 10.1. The predicted molar refractivity (Wildman–Crippen MR) is 170 cm³/mol. The zero-order valence-electron chi connectivity index (χ0n) is 21.7. The van der Waals surface area contributed by atoms with Gasteiger partial charge in [0.2, 0.25) is 0 Å². The van der Waals surface area contributed by atoms with Crippen molar-refractivity contribution in [2.45, 2.75) is 9.24 Å². The van der Waals surface area contributed by atoms with Crippen molar-refractivity contribution in [3.05, 3.63) is 122 Å². The van der Waals surface area contributed by atoms with Crippen LogP contribution in [0.15, 0.2) is 99.7 Å². The molecule has 0 radical (unpaired) electrons. The van der Waals surface area contributed by atoms with Crippen LogP contribution in [0, 0.1) is 21.4 Å². The molecule has 212 valence electrons. The number of hydrogen-bond donors (Lipinski definition) is 2. The number of nitro benzene ring substituents is 1. The number of nitrogens with one attached hydrogen (secondary N) is 2. The van der Waals surface area contributed by atoms with Crippen molar-refractivity contribution in [3.63, 3.8) is 0 Å². The minimum atomic E-state index is -0.678. The number of benzene rings is 4. The lowest BCUT2D eigenvalue weighted by Gasteiger charge is -2.06. The first-order chi connectivity index (χ1) is 20.7. The van der Waals surface area contributed by atoms with Gasteiger partial charge in [0.1, 0.15) is 11.6 Å². The number of fused-ring (bicyclic) bond motifs is 1. The van der Waals surface area contributed by atoms with Crippen LogP contribution in [0.2, 0.25) is 10.0 Å². The van der Waals surface area contributed by atoms with Gasteiger partial charge in [-0.25, -0.2) is 4.98 Å². The van der Waals surface area contributed by atoms with E-state index < -0.39 is 10.8 Å². The Morgan fingerprint density at radius 3 is 2.51 bits per heavy atom. The number of anilines is 2. The summed E-state index contributed by atoms with van der Waals surface area (Å²) in [6.07, 6.45) is 1.28. The number of thiazole rings is 1. The summed E-state index contributed by atoms with van der Waals surface area (Å²) >= 11 is 14.5. The van der Waals surface area contributed by atoms with Gasteiger partial charge in [-0.1, -0.05) is 59.2 Å². The lowest BCUT2D eigenvalue weighted by Crippen LogP contribution is -2.13. The van der Waals surface area contributed by atoms with Gasteiger partial charge in [-0.05, 0) is 66.2 Å². The zero-order valence-corrected chi connectivity index (χ0v) is 24.9. The van der Waals surface area contributed by atoms with Gasteiger partial charge in [0.15, 0.2) is 4.34 Å². The van der Waals surface area contributed by atoms with Crippen LogP contribution in [0.1, 0.15) is 15.9 Å². The molecule has 0 saturated heterocycles. The molecule has 2 amide bonds. The largest absolute Gasteiger partial charge is 0.322 e. The molecule has 0 bridgehead atoms. The molecule has 43 heavy (non-hydrogen) atoms. The Morgan fingerprint density at radius 1 is 0.977 bits per heavy atom. The number of amides is 2. The summed E-state index contributed by atoms with van der Waals surface area (Å²) in [5.74, 6) is -1.03. The molecule has 0 unspecified atom stereocenters. The maximum absolute atomic E-state index is 12.6. The number of aromatic nitrogens is 1. The van der Waals surface area contributed by atoms with Crippen LogP contribution < -0.4 is 10.6 Å². The maximum atomic E-state index is 12.6. The lowest BCUT2D eigenvalue weighted by molar-refractivity contribution is -0.387. The monoisotopic (exact) mass is 645 g/mol. The van der Waals surface area contributed by atoms with Gasteiger partial charge in [0.25, 0.3) is 17.5 Å². The van der Waals surface area contributed by atoms with Crippen molar-refractivity contribution < 1.29 is 14.5 Å². The van der Waals surface area contributed by atoms with Crippen LogP contribution >= 0.6 is 46.3 Å². The first-order valence-electron chi connectivity index (χ1n) is 12.3. The molecule has 0 aliphatic rings. The van der Waals surface area contributed by atoms with E-state index in [1.54, 1.807) is 72.8 Å². The van der Waals surface area contributed by atoms with E-state index in [1.807, 2.05) is 6.07 Å². The molecule has 0 fully saturated rings. The number of nitriles is 1. The van der Waals surface area contributed by atoms with Crippen LogP contribution in [0.3, 0.4) is 0 Å². The number of carbonyl (C=O) groups excluding carboxylic acids is 2. The summed E-state index contributed by atoms with van der Waals surface area (Å²) in [4.78, 5) is 41.6. The second kappa shape index (κ2) is 13.1. The number of carbonyl (C=O) groups is 2. The van der Waals surface area contributed by atoms with E-state index in [0.29, 0.717) is 47.3 Å². The minimum Gasteiger partial charge on any atom is -0.322 e. The Bertz CT molecular complexity index is 1990. The van der Waals surface area contributed by atoms with Gasteiger partial charge in [0.05, 0.1) is 30.6 Å². The van der Waals surface area contributed by atoms with Crippen molar-refractivity contribution in [2.24, 2.45) is 0 Å². The molecule has 0 aliphatic heterocycles. The fraction of sp³-hybridized carbons (Fsp3) is 0. The molecule has 0 saturated carbocycles. The Hall–Kier alpha value is -4.73. The highest BCUT2D eigenvalue weighted by atomic mass is 35.5. The molecule has 0 aliphatic carbocycles. The molecule has 13 heteroatoms. The number of halogens is 2. The van der Waals surface area contributed by atoms with Gasteiger partial charge in [0, 0.05) is 22.5 Å². The molecule has 2 N–H and O–H groups in total. The van der Waals surface area contributed by atoms with E-state index in [4.69, 9.17) is 23.2 Å². The molecule has 5 rings (SSSR count). The van der Waals surface area contributed by atoms with Gasteiger partial charge < -0.3 is 10.6 Å². The second-order valence-corrected chi connectivity index (χ2v) is 12.0. The first kappa shape index (κ1) is 29.8. The van der Waals surface area contributed by atoms with Crippen molar-refractivity contribution >= 4 is 91.5 Å². The SMILES string of the molecule is N#C/C(=C\c1ccc(Sc2nc3ccc(NC(=O)c4ccccc4Cl)cc3s2)c([N+](=O)[O-])c1)C(=O)Nc1cccc(Cl)c1. The van der Waals surface area contributed by atoms with Crippen LogP contribution in [-0.4, -0.2) is 21.7 Å². The topological polar surface area (TPSA) is 138 Å². The molecule has 4 aromatic carbocycles. The summed E-state index contributed by atoms with van der Waals surface area (Å²) in [6, 6.07) is 24.6. The number of nitrogens with zero attached hydrogens (tertiary/aromatic N) is 3. The highest BCUT2D eigenvalue weighted by Crippen LogP contribution is 2.40. The Labute approximate surface area is 262 Å². The third-order valence-electron chi connectivity index (χ3n) is 5.88. The van der Waals surface area contributed by atoms with Gasteiger partial charge in [-0.3, -0.25) is 19.7 Å². The fourth-order valence-corrected chi connectivity index (χ4v) is 6.46. The van der Waals surface area contributed by atoms with E-state index in [-0.39, 0.29) is 17.2 Å². The first-order valence-corrected chi connectivity index (χ1v) is 14.7. The van der Waals surface area contributed by atoms with E-state index in [1.165, 1.54) is 29.5 Å². The summed E-state index contributed by atoms with van der Waals surface area (Å²) in [7, 11) is 0. The molecule has 0 spiro atoms. The third-order valence-corrected chi connectivity index (χ3v) is 8.59. The van der Waals surface area contributed by atoms with Crippen LogP contribution in [0.25, 0.3) is 16.3 Å². The van der Waals surface area contributed by atoms with Crippen molar-refractivity contribution in [1.82, 2.24) is 4.98 Å². The molecule has 1 aromatic heterocycles. The highest BCUT2D eigenvalue weighted by Gasteiger charge is 2.19. The quantitative estimate of drug-likeness (QED) is 0.0747. The Kier molecular flexibility index (Phi) is 9.04. The van der Waals surface area contributed by atoms with Crippen LogP contribution in [0.5, 0.6) is 0 Å². The van der Waals surface area contributed by atoms with Gasteiger partial charge in [-0.15, -0.1) is 11.3 Å². The molecule has 1 heterocycles. The smallest absolute Gasteiger partial charge is 0.283 e. The number of nitro groups is 1. The molecule has 0 atom stereocenters. The third kappa shape index (κ3) is 7.20. The fourth-order valence-electron chi connectivity index (χ4n) is 3.90. The van der Waals surface area contributed by atoms with Crippen molar-refractivity contribution in [1.29, 1.82) is 5.26 Å². The standard InChI is InChI=1S/C30H17Cl2N5O4S2/c31-19-4-3-5-20(14-19)34-28(38)18(16-33)12-17-8-11-26(25(13-17)37(40)41)42-30-36-24-10-9-21(15-27(24)43-30)35-29(39)22-6-1-2-7-23(22)32/h1-15H,(H,34,38)(H,35,39)/b18-12+. The molecular weight excluding hydrogens is 629 g/mol. The van der Waals surface area contributed by atoms with Gasteiger partial charge >= 0.3 is 0 Å². The summed E-state index contributed by atoms with van der Waals surface area (Å²) in [6.45, 7) is 0. The van der Waals surface area contributed by atoms with E-state index >= 15 is 0 Å². The van der Waals surface area contributed by atoms with Crippen LogP contribution in [0.4, 0.5) is 17.1 Å². The minimum absolute atomic E-state index is 0.210. The summed E-state index contributed by atoms with van der Waals surface area (Å²) < 4.78 is 1.32.